The van der Waals surface area contributed by atoms with Crippen LogP contribution in [0.15, 0.2) is 40.9 Å². The third-order valence-corrected chi connectivity index (χ3v) is 5.61. The van der Waals surface area contributed by atoms with Gasteiger partial charge in [0.2, 0.25) is 11.1 Å². The van der Waals surface area contributed by atoms with Gasteiger partial charge in [-0.3, -0.25) is 4.79 Å². The number of thiophene rings is 1. The number of nitrogens with one attached hydrogen (secondary N) is 1. The summed E-state index contributed by atoms with van der Waals surface area (Å²) in [5.74, 6) is 6.45. The number of carbonyl (C=O) groups is 1. The van der Waals surface area contributed by atoms with Crippen LogP contribution in [0.1, 0.15) is 18.1 Å². The van der Waals surface area contributed by atoms with E-state index in [2.05, 4.69) is 15.5 Å². The zero-order chi connectivity index (χ0) is 18.7. The molecule has 2 aromatic heterocycles. The van der Waals surface area contributed by atoms with Crippen molar-refractivity contribution in [3.8, 4) is 17.5 Å². The highest BCUT2D eigenvalue weighted by Crippen LogP contribution is 2.28. The predicted molar refractivity (Wildman–Crippen MR) is 103 cm³/mol. The first-order valence-electron chi connectivity index (χ1n) is 7.73. The Morgan fingerprint density at radius 3 is 2.88 bits per heavy atom. The number of carbonyl (C=O) groups excluding carboxylic acids is 1. The second-order valence-electron chi connectivity index (χ2n) is 5.52. The van der Waals surface area contributed by atoms with E-state index in [0.29, 0.717) is 21.5 Å². The Morgan fingerprint density at radius 2 is 2.15 bits per heavy atom. The third-order valence-electron chi connectivity index (χ3n) is 3.72. The lowest BCUT2D eigenvalue weighted by molar-refractivity contribution is -0.115. The van der Waals surface area contributed by atoms with Crippen LogP contribution in [0, 0.1) is 18.3 Å². The summed E-state index contributed by atoms with van der Waals surface area (Å²) in [5.41, 5.74) is 2.38. The molecule has 3 N–H and O–H groups in total. The molecule has 0 bridgehead atoms. The molecule has 0 saturated carbocycles. The first-order chi connectivity index (χ1) is 12.5. The quantitative estimate of drug-likeness (QED) is 0.517. The minimum absolute atomic E-state index is 0.227. The Hall–Kier alpha value is -2.83. The van der Waals surface area contributed by atoms with Crippen molar-refractivity contribution >= 4 is 34.0 Å². The number of aromatic nitrogens is 3. The molecule has 2 heterocycles. The molecule has 0 saturated heterocycles. The molecule has 1 aromatic carbocycles. The van der Waals surface area contributed by atoms with E-state index < -0.39 is 5.25 Å². The number of nitrogens with zero attached hydrogens (tertiary/aromatic N) is 4. The Morgan fingerprint density at radius 1 is 1.38 bits per heavy atom. The molecule has 0 aliphatic carbocycles. The van der Waals surface area contributed by atoms with Gasteiger partial charge in [-0.15, -0.1) is 21.5 Å². The largest absolute Gasteiger partial charge is 0.335 e. The van der Waals surface area contributed by atoms with Crippen molar-refractivity contribution in [2.45, 2.75) is 24.3 Å². The summed E-state index contributed by atoms with van der Waals surface area (Å²) in [4.78, 5) is 12.4. The predicted octanol–water partition coefficient (Wildman–Crippen LogP) is 3.02. The molecule has 132 valence electrons. The molecular formula is C17H16N6OS2. The number of nitrogens with two attached hydrogens (primary N) is 1. The molecule has 0 radical (unpaired) electrons. The van der Waals surface area contributed by atoms with Gasteiger partial charge >= 0.3 is 0 Å². The van der Waals surface area contributed by atoms with Gasteiger partial charge in [0.1, 0.15) is 11.1 Å². The molecule has 0 aliphatic rings. The van der Waals surface area contributed by atoms with Gasteiger partial charge in [-0.2, -0.15) is 5.26 Å². The van der Waals surface area contributed by atoms with Crippen LogP contribution >= 0.6 is 23.1 Å². The van der Waals surface area contributed by atoms with Crippen molar-refractivity contribution in [3.63, 3.8) is 0 Å². The van der Waals surface area contributed by atoms with Crippen LogP contribution in [0.4, 0.5) is 5.00 Å². The fourth-order valence-electron chi connectivity index (χ4n) is 2.28. The number of benzene rings is 1. The van der Waals surface area contributed by atoms with Gasteiger partial charge in [-0.05, 0) is 30.9 Å². The van der Waals surface area contributed by atoms with E-state index in [1.807, 2.05) is 37.3 Å². The van der Waals surface area contributed by atoms with E-state index in [-0.39, 0.29) is 5.91 Å². The van der Waals surface area contributed by atoms with Crippen molar-refractivity contribution in [2.24, 2.45) is 0 Å². The highest BCUT2D eigenvalue weighted by atomic mass is 32.2. The van der Waals surface area contributed by atoms with Gasteiger partial charge in [-0.1, -0.05) is 36.0 Å². The fraction of sp³-hybridized carbons (Fsp3) is 0.176. The fourth-order valence-corrected chi connectivity index (χ4v) is 3.79. The normalized spacial score (nSPS) is 11.7. The number of nitriles is 1. The van der Waals surface area contributed by atoms with Crippen LogP contribution in [0.3, 0.4) is 0 Å². The maximum Gasteiger partial charge on any atom is 0.238 e. The summed E-state index contributed by atoms with van der Waals surface area (Å²) < 4.78 is 1.39. The second kappa shape index (κ2) is 7.59. The summed E-state index contributed by atoms with van der Waals surface area (Å²) in [6.07, 6.45) is 0. The standard InChI is InChI=1S/C17H16N6OS2/c1-10-5-3-4-6-13(10)14-21-22-17(23(14)19)26-11(2)15(24)20-16-12(9-18)7-8-25-16/h3-8,11H,19H2,1-2H3,(H,20,24)/t11-/m0/s1. The average Bonchev–Trinajstić information content (AvgIpc) is 3.22. The number of hydrogen-bond acceptors (Lipinski definition) is 7. The number of amides is 1. The first-order valence-corrected chi connectivity index (χ1v) is 9.48. The van der Waals surface area contributed by atoms with Crippen LogP contribution in [0.25, 0.3) is 11.4 Å². The maximum absolute atomic E-state index is 12.4. The lowest BCUT2D eigenvalue weighted by Gasteiger charge is -2.11. The molecule has 3 rings (SSSR count). The highest BCUT2D eigenvalue weighted by Gasteiger charge is 2.21. The molecular weight excluding hydrogens is 368 g/mol. The van der Waals surface area contributed by atoms with E-state index in [4.69, 9.17) is 11.1 Å². The number of aryl methyl sites for hydroxylation is 1. The lowest BCUT2D eigenvalue weighted by Crippen LogP contribution is -2.23. The Balaban J connectivity index is 1.74. The number of thioether (sulfide) groups is 1. The van der Waals surface area contributed by atoms with Crippen LogP contribution in [0.5, 0.6) is 0 Å². The number of rotatable bonds is 5. The average molecular weight is 384 g/mol. The van der Waals surface area contributed by atoms with Gasteiger partial charge in [-0.25, -0.2) is 4.68 Å². The first kappa shape index (κ1) is 18.0. The van der Waals surface area contributed by atoms with Gasteiger partial charge in [0, 0.05) is 5.56 Å². The van der Waals surface area contributed by atoms with Crippen molar-refractivity contribution in [1.29, 1.82) is 5.26 Å². The van der Waals surface area contributed by atoms with E-state index in [1.165, 1.54) is 27.8 Å². The maximum atomic E-state index is 12.4. The van der Waals surface area contributed by atoms with Gasteiger partial charge in [0.15, 0.2) is 5.82 Å². The van der Waals surface area contributed by atoms with Crippen LogP contribution in [-0.2, 0) is 4.79 Å². The van der Waals surface area contributed by atoms with Crippen molar-refractivity contribution in [2.75, 3.05) is 11.2 Å². The highest BCUT2D eigenvalue weighted by molar-refractivity contribution is 8.00. The van der Waals surface area contributed by atoms with Crippen LogP contribution in [0.2, 0.25) is 0 Å². The third kappa shape index (κ3) is 3.56. The topological polar surface area (TPSA) is 110 Å². The van der Waals surface area contributed by atoms with Crippen LogP contribution < -0.4 is 11.2 Å². The summed E-state index contributed by atoms with van der Waals surface area (Å²) in [7, 11) is 0. The Labute approximate surface area is 158 Å². The SMILES string of the molecule is Cc1ccccc1-c1nnc(S[C@@H](C)C(=O)Nc2sccc2C#N)n1N. The molecule has 0 aliphatic heterocycles. The molecule has 0 spiro atoms. The van der Waals surface area contributed by atoms with Crippen LogP contribution in [-0.4, -0.2) is 26.0 Å². The Bertz CT molecular complexity index is 987. The molecule has 1 amide bonds. The van der Waals surface area contributed by atoms with E-state index in [0.717, 1.165) is 11.1 Å². The second-order valence-corrected chi connectivity index (χ2v) is 7.74. The lowest BCUT2D eigenvalue weighted by atomic mass is 10.1. The summed E-state index contributed by atoms with van der Waals surface area (Å²) in [5, 5.41) is 22.3. The van der Waals surface area contributed by atoms with Gasteiger partial charge in [0.05, 0.1) is 10.8 Å². The molecule has 0 unspecified atom stereocenters. The zero-order valence-corrected chi connectivity index (χ0v) is 15.8. The minimum atomic E-state index is -0.458. The summed E-state index contributed by atoms with van der Waals surface area (Å²) in [6, 6.07) is 11.5. The summed E-state index contributed by atoms with van der Waals surface area (Å²) >= 11 is 2.52. The molecule has 7 nitrogen and oxygen atoms in total. The molecule has 9 heteroatoms. The van der Waals surface area contributed by atoms with E-state index in [1.54, 1.807) is 18.4 Å². The number of nitrogen functional groups attached to an aromatic ring is 1. The molecule has 3 aromatic rings. The van der Waals surface area contributed by atoms with Crippen molar-refractivity contribution in [3.05, 3.63) is 46.8 Å². The number of hydrogen-bond donors (Lipinski definition) is 2. The van der Waals surface area contributed by atoms with Gasteiger partial charge in [0.25, 0.3) is 0 Å². The zero-order valence-electron chi connectivity index (χ0n) is 14.1. The molecule has 1 atom stereocenters. The van der Waals surface area contributed by atoms with E-state index in [9.17, 15) is 4.79 Å². The monoisotopic (exact) mass is 384 g/mol. The van der Waals surface area contributed by atoms with Crippen molar-refractivity contribution < 1.29 is 4.79 Å². The van der Waals surface area contributed by atoms with Gasteiger partial charge < -0.3 is 11.2 Å². The smallest absolute Gasteiger partial charge is 0.238 e. The summed E-state index contributed by atoms with van der Waals surface area (Å²) in [6.45, 7) is 3.72. The minimum Gasteiger partial charge on any atom is -0.335 e. The molecule has 26 heavy (non-hydrogen) atoms. The Kier molecular flexibility index (Phi) is 5.25. The number of anilines is 1. The van der Waals surface area contributed by atoms with Crippen molar-refractivity contribution in [1.82, 2.24) is 14.9 Å². The van der Waals surface area contributed by atoms with E-state index >= 15 is 0 Å². The molecule has 0 fully saturated rings.